The van der Waals surface area contributed by atoms with E-state index in [4.69, 9.17) is 18.9 Å². The van der Waals surface area contributed by atoms with Gasteiger partial charge in [-0.15, -0.1) is 0 Å². The number of hydrogen-bond donors (Lipinski definition) is 0. The summed E-state index contributed by atoms with van der Waals surface area (Å²) in [5.41, 5.74) is 4.07. The van der Waals surface area contributed by atoms with Crippen LogP contribution in [0.25, 0.3) is 0 Å². The molecule has 0 amide bonds. The predicted octanol–water partition coefficient (Wildman–Crippen LogP) is 8.98. The first-order valence-electron chi connectivity index (χ1n) is 14.4. The lowest BCUT2D eigenvalue weighted by Crippen LogP contribution is -2.08. The Morgan fingerprint density at radius 3 is 1.55 bits per heavy atom. The molecule has 0 radical (unpaired) electrons. The molecule has 0 spiro atoms. The fourth-order valence-corrected chi connectivity index (χ4v) is 3.02. The highest BCUT2D eigenvalue weighted by molar-refractivity contribution is 5.87. The average molecular weight is 587 g/mol. The SMILES string of the molecule is C=C(/C=C(/OC)C(=C)OC)CC.C=C(C)C(=O)OC1=CC=C(C2=CC=C(OC)CC2)CC1.CCC(=O)OC.CCCC. The van der Waals surface area contributed by atoms with Gasteiger partial charge < -0.3 is 23.7 Å². The lowest BCUT2D eigenvalue weighted by Gasteiger charge is -2.19. The molecule has 0 aliphatic heterocycles. The second-order valence-electron chi connectivity index (χ2n) is 9.31. The van der Waals surface area contributed by atoms with E-state index < -0.39 is 0 Å². The first-order valence-corrected chi connectivity index (χ1v) is 14.4. The number of rotatable bonds is 11. The van der Waals surface area contributed by atoms with Gasteiger partial charge in [-0.1, -0.05) is 78.0 Å². The predicted molar refractivity (Wildman–Crippen MR) is 172 cm³/mol. The number of esters is 2. The van der Waals surface area contributed by atoms with Crippen LogP contribution in [0.4, 0.5) is 0 Å². The Labute approximate surface area is 255 Å². The zero-order valence-corrected chi connectivity index (χ0v) is 27.5. The highest BCUT2D eigenvalue weighted by atomic mass is 16.5. The summed E-state index contributed by atoms with van der Waals surface area (Å²) in [4.78, 5) is 21.4. The first-order chi connectivity index (χ1) is 20.0. The summed E-state index contributed by atoms with van der Waals surface area (Å²) in [7, 11) is 6.23. The molecule has 236 valence electrons. The fourth-order valence-electron chi connectivity index (χ4n) is 3.02. The molecule has 7 heteroatoms. The van der Waals surface area contributed by atoms with E-state index in [1.165, 1.54) is 31.1 Å². The minimum absolute atomic E-state index is 0.157. The molecule has 0 saturated heterocycles. The molecule has 0 aromatic heterocycles. The van der Waals surface area contributed by atoms with Crippen molar-refractivity contribution in [2.75, 3.05) is 28.4 Å². The van der Waals surface area contributed by atoms with Gasteiger partial charge in [0.05, 0.1) is 34.2 Å². The molecule has 0 N–H and O–H groups in total. The van der Waals surface area contributed by atoms with Crippen molar-refractivity contribution in [1.29, 1.82) is 0 Å². The van der Waals surface area contributed by atoms with Crippen LogP contribution in [0.15, 0.2) is 95.4 Å². The molecule has 0 fully saturated rings. The van der Waals surface area contributed by atoms with E-state index in [-0.39, 0.29) is 11.9 Å². The molecule has 0 aromatic rings. The Hall–Kier alpha value is -3.74. The molecule has 0 aromatic carbocycles. The van der Waals surface area contributed by atoms with E-state index in [1.807, 2.05) is 31.2 Å². The molecule has 7 nitrogen and oxygen atoms in total. The monoisotopic (exact) mass is 586 g/mol. The van der Waals surface area contributed by atoms with Gasteiger partial charge in [0, 0.05) is 24.8 Å². The fraction of sp³-hybridized carbons (Fsp3) is 0.486. The van der Waals surface area contributed by atoms with Crippen LogP contribution in [0.2, 0.25) is 0 Å². The van der Waals surface area contributed by atoms with Crippen LogP contribution in [-0.2, 0) is 33.3 Å². The third-order valence-corrected chi connectivity index (χ3v) is 6.02. The maximum absolute atomic E-state index is 11.4. The van der Waals surface area contributed by atoms with Gasteiger partial charge in [0.25, 0.3) is 0 Å². The van der Waals surface area contributed by atoms with Crippen molar-refractivity contribution in [3.05, 3.63) is 95.4 Å². The summed E-state index contributed by atoms with van der Waals surface area (Å²) in [5, 5.41) is 0. The molecular formula is C35H54O7. The van der Waals surface area contributed by atoms with Gasteiger partial charge in [0.2, 0.25) is 0 Å². The minimum atomic E-state index is -0.349. The van der Waals surface area contributed by atoms with Gasteiger partial charge in [-0.25, -0.2) is 4.79 Å². The van der Waals surface area contributed by atoms with Gasteiger partial charge in [-0.3, -0.25) is 4.79 Å². The summed E-state index contributed by atoms with van der Waals surface area (Å²) in [6.45, 7) is 20.9. The standard InChI is InChI=1S/C17H20O3.C10H16O2.C4H8O2.C4H10/c1-12(2)17(18)20-16-10-6-14(7-11-16)13-4-8-15(19-3)9-5-13;1-6-8(2)7-10(12-5)9(3)11-4;1-3-4(5)6-2;1-3-4-2/h4,6,8,10H,1,5,7,9,11H2,2-3H3;7H,2-3,6H2,1,4-5H3;3H2,1-2H3;3-4H2,1-2H3/b;10-7+;;. The molecule has 0 bridgehead atoms. The van der Waals surface area contributed by atoms with Crippen LogP contribution >= 0.6 is 0 Å². The quantitative estimate of drug-likeness (QED) is 0.103. The summed E-state index contributed by atoms with van der Waals surface area (Å²) in [5.74, 6) is 2.38. The van der Waals surface area contributed by atoms with Crippen molar-refractivity contribution in [3.8, 4) is 0 Å². The molecular weight excluding hydrogens is 532 g/mol. The summed E-state index contributed by atoms with van der Waals surface area (Å²) in [6, 6.07) is 0. The van der Waals surface area contributed by atoms with Crippen LogP contribution in [0.1, 0.15) is 86.0 Å². The van der Waals surface area contributed by atoms with Crippen molar-refractivity contribution in [2.45, 2.75) is 86.0 Å². The van der Waals surface area contributed by atoms with Crippen LogP contribution in [0.5, 0.6) is 0 Å². The van der Waals surface area contributed by atoms with E-state index in [0.29, 0.717) is 29.3 Å². The van der Waals surface area contributed by atoms with Crippen molar-refractivity contribution < 1.29 is 33.3 Å². The zero-order chi connectivity index (χ0) is 32.5. The summed E-state index contributed by atoms with van der Waals surface area (Å²) in [6.07, 6.45) is 17.5. The molecule has 2 aliphatic rings. The van der Waals surface area contributed by atoms with E-state index in [9.17, 15) is 9.59 Å². The molecule has 0 heterocycles. The smallest absolute Gasteiger partial charge is 0.338 e. The number of hydrogen-bond acceptors (Lipinski definition) is 7. The summed E-state index contributed by atoms with van der Waals surface area (Å²) < 4.78 is 24.7. The van der Waals surface area contributed by atoms with Gasteiger partial charge >= 0.3 is 11.9 Å². The minimum Gasteiger partial charge on any atom is -0.501 e. The lowest BCUT2D eigenvalue weighted by molar-refractivity contribution is -0.140. The maximum Gasteiger partial charge on any atom is 0.338 e. The highest BCUT2D eigenvalue weighted by Crippen LogP contribution is 2.31. The van der Waals surface area contributed by atoms with Gasteiger partial charge in [-0.05, 0) is 55.6 Å². The van der Waals surface area contributed by atoms with Crippen LogP contribution in [-0.4, -0.2) is 40.4 Å². The van der Waals surface area contributed by atoms with Crippen LogP contribution < -0.4 is 0 Å². The number of carbonyl (C=O) groups is 2. The Morgan fingerprint density at radius 1 is 0.738 bits per heavy atom. The summed E-state index contributed by atoms with van der Waals surface area (Å²) >= 11 is 0. The number of methoxy groups -OCH3 is 4. The number of carbonyl (C=O) groups excluding carboxylic acids is 2. The third kappa shape index (κ3) is 18.6. The Balaban J connectivity index is 0. The average Bonchev–Trinajstić information content (AvgIpc) is 3.03. The lowest BCUT2D eigenvalue weighted by atomic mass is 9.90. The number of allylic oxidation sites excluding steroid dienone is 10. The third-order valence-electron chi connectivity index (χ3n) is 6.02. The second kappa shape index (κ2) is 25.0. The second-order valence-corrected chi connectivity index (χ2v) is 9.31. The first kappa shape index (κ1) is 40.4. The van der Waals surface area contributed by atoms with E-state index in [2.05, 4.69) is 44.4 Å². The zero-order valence-electron chi connectivity index (χ0n) is 27.5. The van der Waals surface area contributed by atoms with Crippen molar-refractivity contribution in [3.63, 3.8) is 0 Å². The largest absolute Gasteiger partial charge is 0.501 e. The molecule has 0 saturated carbocycles. The van der Waals surface area contributed by atoms with E-state index >= 15 is 0 Å². The van der Waals surface area contributed by atoms with Crippen molar-refractivity contribution in [1.82, 2.24) is 0 Å². The molecule has 42 heavy (non-hydrogen) atoms. The Kier molecular flexibility index (Phi) is 24.1. The Morgan fingerprint density at radius 2 is 1.26 bits per heavy atom. The number of unbranched alkanes of at least 4 members (excludes halogenated alkanes) is 1. The number of ether oxygens (including phenoxy) is 5. The van der Waals surface area contributed by atoms with Crippen molar-refractivity contribution >= 4 is 11.9 Å². The van der Waals surface area contributed by atoms with Gasteiger partial charge in [-0.2, -0.15) is 0 Å². The van der Waals surface area contributed by atoms with Gasteiger partial charge in [0.15, 0.2) is 11.5 Å². The maximum atomic E-state index is 11.4. The highest BCUT2D eigenvalue weighted by Gasteiger charge is 2.16. The molecule has 2 aliphatic carbocycles. The molecule has 2 rings (SSSR count). The van der Waals surface area contributed by atoms with Crippen molar-refractivity contribution in [2.24, 2.45) is 0 Å². The van der Waals surface area contributed by atoms with E-state index in [1.54, 1.807) is 35.2 Å². The molecule has 0 unspecified atom stereocenters. The van der Waals surface area contributed by atoms with E-state index in [0.717, 1.165) is 43.4 Å². The molecule has 0 atom stereocenters. The topological polar surface area (TPSA) is 80.3 Å². The van der Waals surface area contributed by atoms with Crippen LogP contribution in [0.3, 0.4) is 0 Å². The normalized spacial score (nSPS) is 13.6. The van der Waals surface area contributed by atoms with Crippen LogP contribution in [0, 0.1) is 0 Å². The Bertz CT molecular complexity index is 1030. The van der Waals surface area contributed by atoms with Gasteiger partial charge in [0.1, 0.15) is 5.76 Å².